The number of nitrogens with zero attached hydrogens (tertiary/aromatic N) is 6. The van der Waals surface area contributed by atoms with E-state index < -0.39 is 23.2 Å². The van der Waals surface area contributed by atoms with Gasteiger partial charge in [-0.2, -0.15) is 14.9 Å². The molecule has 4 aromatic rings. The number of likely N-dealkylation sites (tertiary alicyclic amines) is 1. The van der Waals surface area contributed by atoms with E-state index in [0.29, 0.717) is 29.7 Å². The highest BCUT2D eigenvalue weighted by Crippen LogP contribution is 2.30. The summed E-state index contributed by atoms with van der Waals surface area (Å²) >= 11 is 0. The van der Waals surface area contributed by atoms with E-state index in [1.165, 1.54) is 0 Å². The van der Waals surface area contributed by atoms with Crippen LogP contribution in [0.5, 0.6) is 0 Å². The fourth-order valence-corrected chi connectivity index (χ4v) is 4.86. The first-order valence-corrected chi connectivity index (χ1v) is 14.3. The van der Waals surface area contributed by atoms with E-state index >= 15 is 0 Å². The largest absolute Gasteiger partial charge is 0.444 e. The van der Waals surface area contributed by atoms with Crippen molar-refractivity contribution in [3.05, 3.63) is 60.8 Å². The van der Waals surface area contributed by atoms with Crippen LogP contribution in [0.3, 0.4) is 0 Å². The standard InChI is InChI=1S/C31H37N7O5/c1-30(2,3)42-28(40)36-15-11-23(12-16-36)37-19-21(18-33-37)20-7-8-25-24(17-20)26(27(39)34-22-9-13-32-14-10-22)35-38(25)29(41)43-31(4,5)6/h7-10,13-14,17-19,23H,11-12,15-16H2,1-6H3,(H,32,34,39). The summed E-state index contributed by atoms with van der Waals surface area (Å²) in [6.45, 7) is 12.1. The molecule has 0 bridgehead atoms. The lowest BCUT2D eigenvalue weighted by molar-refractivity contribution is 0.0184. The van der Waals surface area contributed by atoms with Gasteiger partial charge in [-0.3, -0.25) is 14.5 Å². The summed E-state index contributed by atoms with van der Waals surface area (Å²) in [5.41, 5.74) is 1.46. The van der Waals surface area contributed by atoms with Crippen LogP contribution in [0.1, 0.15) is 70.9 Å². The van der Waals surface area contributed by atoms with Crippen molar-refractivity contribution in [2.75, 3.05) is 18.4 Å². The molecule has 12 nitrogen and oxygen atoms in total. The third-order valence-electron chi connectivity index (χ3n) is 6.82. The van der Waals surface area contributed by atoms with Crippen molar-refractivity contribution in [1.29, 1.82) is 0 Å². The summed E-state index contributed by atoms with van der Waals surface area (Å²) < 4.78 is 14.1. The molecule has 226 valence electrons. The lowest BCUT2D eigenvalue weighted by Crippen LogP contribution is -2.42. The molecule has 1 aliphatic heterocycles. The first-order valence-electron chi connectivity index (χ1n) is 14.3. The topological polar surface area (TPSA) is 133 Å². The van der Waals surface area contributed by atoms with Crippen molar-refractivity contribution in [2.24, 2.45) is 0 Å². The Balaban J connectivity index is 1.40. The summed E-state index contributed by atoms with van der Waals surface area (Å²) in [5.74, 6) is -0.469. The van der Waals surface area contributed by atoms with Crippen LogP contribution >= 0.6 is 0 Å². The molecule has 0 spiro atoms. The van der Waals surface area contributed by atoms with Gasteiger partial charge in [0.25, 0.3) is 5.91 Å². The minimum absolute atomic E-state index is 0.0847. The molecule has 43 heavy (non-hydrogen) atoms. The molecule has 1 aliphatic rings. The van der Waals surface area contributed by atoms with E-state index in [1.807, 2.05) is 43.8 Å². The van der Waals surface area contributed by atoms with Gasteiger partial charge in [-0.15, -0.1) is 0 Å². The normalized spacial score (nSPS) is 14.5. The molecule has 0 atom stereocenters. The fourth-order valence-electron chi connectivity index (χ4n) is 4.86. The lowest BCUT2D eigenvalue weighted by Gasteiger charge is -2.33. The Labute approximate surface area is 250 Å². The molecule has 0 radical (unpaired) electrons. The predicted molar refractivity (Wildman–Crippen MR) is 161 cm³/mol. The Bertz CT molecular complexity index is 1640. The Kier molecular flexibility index (Phi) is 7.96. The number of hydrogen-bond donors (Lipinski definition) is 1. The van der Waals surface area contributed by atoms with Crippen LogP contribution in [0.15, 0.2) is 55.1 Å². The number of carbonyl (C=O) groups excluding carboxylic acids is 3. The number of hydrogen-bond acceptors (Lipinski definition) is 8. The first kappa shape index (κ1) is 29.7. The van der Waals surface area contributed by atoms with Crippen molar-refractivity contribution >= 4 is 34.7 Å². The number of pyridine rings is 1. The highest BCUT2D eigenvalue weighted by molar-refractivity contribution is 6.12. The number of ether oxygens (including phenoxy) is 2. The molecule has 1 saturated heterocycles. The summed E-state index contributed by atoms with van der Waals surface area (Å²) in [6, 6.07) is 8.92. The molecule has 1 fully saturated rings. The van der Waals surface area contributed by atoms with E-state index in [4.69, 9.17) is 9.47 Å². The summed E-state index contributed by atoms with van der Waals surface area (Å²) in [5, 5.41) is 12.3. The van der Waals surface area contributed by atoms with Gasteiger partial charge in [0, 0.05) is 48.3 Å². The number of carbonyl (C=O) groups is 3. The van der Waals surface area contributed by atoms with Crippen LogP contribution < -0.4 is 5.32 Å². The third kappa shape index (κ3) is 7.02. The predicted octanol–water partition coefficient (Wildman–Crippen LogP) is 5.90. The number of fused-ring (bicyclic) bond motifs is 1. The maximum absolute atomic E-state index is 13.3. The minimum Gasteiger partial charge on any atom is -0.444 e. The van der Waals surface area contributed by atoms with Gasteiger partial charge in [-0.25, -0.2) is 9.59 Å². The monoisotopic (exact) mass is 587 g/mol. The van der Waals surface area contributed by atoms with Crippen LogP contribution in [-0.2, 0) is 9.47 Å². The molecule has 0 unspecified atom stereocenters. The maximum atomic E-state index is 13.3. The Morgan fingerprint density at radius 1 is 0.884 bits per heavy atom. The van der Waals surface area contributed by atoms with E-state index in [0.717, 1.165) is 28.7 Å². The maximum Gasteiger partial charge on any atom is 0.435 e. The zero-order valence-electron chi connectivity index (χ0n) is 25.3. The van der Waals surface area contributed by atoms with Crippen molar-refractivity contribution in [1.82, 2.24) is 29.4 Å². The number of benzene rings is 1. The Morgan fingerprint density at radius 3 is 2.19 bits per heavy atom. The Morgan fingerprint density at radius 2 is 1.53 bits per heavy atom. The third-order valence-corrected chi connectivity index (χ3v) is 6.82. The molecule has 4 heterocycles. The molecule has 0 saturated carbocycles. The van der Waals surface area contributed by atoms with Crippen molar-refractivity contribution < 1.29 is 23.9 Å². The number of nitrogens with one attached hydrogen (secondary N) is 1. The van der Waals surface area contributed by atoms with Gasteiger partial charge in [0.15, 0.2) is 5.69 Å². The molecule has 1 aromatic carbocycles. The van der Waals surface area contributed by atoms with E-state index in [9.17, 15) is 14.4 Å². The van der Waals surface area contributed by atoms with Gasteiger partial charge >= 0.3 is 12.2 Å². The second-order valence-electron chi connectivity index (χ2n) is 12.6. The summed E-state index contributed by atoms with van der Waals surface area (Å²) in [6.07, 6.45) is 7.41. The molecular weight excluding hydrogens is 550 g/mol. The summed E-state index contributed by atoms with van der Waals surface area (Å²) in [7, 11) is 0. The molecule has 12 heteroatoms. The highest BCUT2D eigenvalue weighted by Gasteiger charge is 2.29. The number of anilines is 1. The zero-order valence-corrected chi connectivity index (χ0v) is 25.3. The van der Waals surface area contributed by atoms with E-state index in [2.05, 4.69) is 20.5 Å². The molecule has 1 N–H and O–H groups in total. The van der Waals surface area contributed by atoms with E-state index in [-0.39, 0.29) is 17.8 Å². The molecule has 0 aliphatic carbocycles. The Hall–Kier alpha value is -4.74. The van der Waals surface area contributed by atoms with Gasteiger partial charge in [-0.05, 0) is 84.2 Å². The second kappa shape index (κ2) is 11.5. The van der Waals surface area contributed by atoms with Gasteiger partial charge in [0.1, 0.15) is 11.2 Å². The van der Waals surface area contributed by atoms with Crippen LogP contribution in [0, 0.1) is 0 Å². The van der Waals surface area contributed by atoms with Crippen molar-refractivity contribution in [3.8, 4) is 11.1 Å². The van der Waals surface area contributed by atoms with Crippen molar-refractivity contribution in [2.45, 2.75) is 71.6 Å². The number of rotatable bonds is 4. The number of aromatic nitrogens is 5. The fraction of sp³-hybridized carbons (Fsp3) is 0.419. The highest BCUT2D eigenvalue weighted by atomic mass is 16.6. The minimum atomic E-state index is -0.744. The smallest absolute Gasteiger partial charge is 0.435 e. The average molecular weight is 588 g/mol. The van der Waals surface area contributed by atoms with Crippen LogP contribution in [0.25, 0.3) is 22.0 Å². The molecular formula is C31H37N7O5. The quantitative estimate of drug-likeness (QED) is 0.312. The van der Waals surface area contributed by atoms with Gasteiger partial charge in [-0.1, -0.05) is 6.07 Å². The molecule has 5 rings (SSSR count). The van der Waals surface area contributed by atoms with Gasteiger partial charge in [0.2, 0.25) is 0 Å². The number of amides is 2. The average Bonchev–Trinajstić information content (AvgIpc) is 3.57. The number of piperidine rings is 1. The summed E-state index contributed by atoms with van der Waals surface area (Å²) in [4.78, 5) is 44.5. The van der Waals surface area contributed by atoms with Gasteiger partial charge in [0.05, 0.1) is 17.8 Å². The lowest BCUT2D eigenvalue weighted by atomic mass is 10.0. The van der Waals surface area contributed by atoms with Gasteiger partial charge < -0.3 is 19.7 Å². The molecule has 2 amide bonds. The SMILES string of the molecule is CC(C)(C)OC(=O)N1CCC(n2cc(-c3ccc4c(c3)c(C(=O)Nc3ccncc3)nn4C(=O)OC(C)(C)C)cn2)CC1. The zero-order chi connectivity index (χ0) is 30.9. The van der Waals surface area contributed by atoms with Crippen LogP contribution in [0.4, 0.5) is 15.3 Å². The second-order valence-corrected chi connectivity index (χ2v) is 12.6. The van der Waals surface area contributed by atoms with Crippen LogP contribution in [-0.4, -0.2) is 71.8 Å². The van der Waals surface area contributed by atoms with Crippen LogP contribution in [0.2, 0.25) is 0 Å². The van der Waals surface area contributed by atoms with Crippen molar-refractivity contribution in [3.63, 3.8) is 0 Å². The molecule has 3 aromatic heterocycles. The van der Waals surface area contributed by atoms with E-state index in [1.54, 1.807) is 62.5 Å². The first-order chi connectivity index (χ1) is 20.3.